The van der Waals surface area contributed by atoms with Crippen molar-refractivity contribution in [3.05, 3.63) is 24.2 Å². The van der Waals surface area contributed by atoms with Crippen LogP contribution in [-0.4, -0.2) is 20.3 Å². The molecule has 0 aliphatic carbocycles. The number of nitrogens with zero attached hydrogens (tertiary/aromatic N) is 3. The lowest BCUT2D eigenvalue weighted by molar-refractivity contribution is -0.116. The number of carbonyl (C=O) groups excluding carboxylic acids is 1. The summed E-state index contributed by atoms with van der Waals surface area (Å²) in [4.78, 5) is 19.8. The largest absolute Gasteiger partial charge is 0.313 e. The van der Waals surface area contributed by atoms with E-state index < -0.39 is 0 Å². The van der Waals surface area contributed by atoms with E-state index in [0.29, 0.717) is 12.5 Å². The first-order valence-electron chi connectivity index (χ1n) is 5.39. The molecule has 0 spiro atoms. The summed E-state index contributed by atoms with van der Waals surface area (Å²) in [6.07, 6.45) is 3.95. The van der Waals surface area contributed by atoms with Gasteiger partial charge in [-0.15, -0.1) is 0 Å². The Morgan fingerprint density at radius 2 is 2.19 bits per heavy atom. The summed E-state index contributed by atoms with van der Waals surface area (Å²) in [6, 6.07) is 2.19. The molecule has 0 saturated heterocycles. The first-order chi connectivity index (χ1) is 7.59. The number of fused-ring (bicyclic) bond motifs is 1. The van der Waals surface area contributed by atoms with Crippen molar-refractivity contribution in [3.8, 4) is 0 Å². The van der Waals surface area contributed by atoms with Crippen LogP contribution in [0.3, 0.4) is 0 Å². The van der Waals surface area contributed by atoms with Crippen molar-refractivity contribution < 1.29 is 4.79 Å². The number of imidazole rings is 1. The summed E-state index contributed by atoms with van der Waals surface area (Å²) in [5.74, 6) is 0.145. The van der Waals surface area contributed by atoms with Crippen LogP contribution in [0.2, 0.25) is 0 Å². The molecule has 0 amide bonds. The number of hydrogen-bond acceptors (Lipinski definition) is 3. The Morgan fingerprint density at radius 3 is 2.81 bits per heavy atom. The molecule has 2 aromatic rings. The lowest BCUT2D eigenvalue weighted by Gasteiger charge is -2.07. The molecule has 16 heavy (non-hydrogen) atoms. The molecule has 2 heterocycles. The van der Waals surface area contributed by atoms with Crippen LogP contribution in [-0.2, 0) is 11.2 Å². The summed E-state index contributed by atoms with van der Waals surface area (Å²) in [5.41, 5.74) is 2.65. The predicted octanol–water partition coefficient (Wildman–Crippen LogP) is 2.14. The van der Waals surface area contributed by atoms with E-state index in [1.807, 2.05) is 10.6 Å². The Morgan fingerprint density at radius 1 is 1.44 bits per heavy atom. The zero-order valence-corrected chi connectivity index (χ0v) is 9.77. The number of Topliss-reactive ketones (excluding diaryl/α,β-unsaturated/α-hetero) is 1. The highest BCUT2D eigenvalue weighted by Crippen LogP contribution is 2.18. The number of aromatic nitrogens is 3. The molecule has 2 rings (SSSR count). The number of hydrogen-bond donors (Lipinski definition) is 0. The van der Waals surface area contributed by atoms with Crippen LogP contribution in [0.1, 0.15) is 32.4 Å². The minimum Gasteiger partial charge on any atom is -0.313 e. The van der Waals surface area contributed by atoms with Crippen LogP contribution >= 0.6 is 0 Å². The molecule has 84 valence electrons. The first kappa shape index (κ1) is 10.8. The van der Waals surface area contributed by atoms with Crippen LogP contribution in [0, 0.1) is 0 Å². The van der Waals surface area contributed by atoms with Crippen molar-refractivity contribution in [2.24, 2.45) is 0 Å². The minimum atomic E-state index is 0.145. The molecule has 4 nitrogen and oxygen atoms in total. The number of pyridine rings is 1. The van der Waals surface area contributed by atoms with Crippen molar-refractivity contribution in [2.45, 2.75) is 33.2 Å². The van der Waals surface area contributed by atoms with Crippen LogP contribution in [0.15, 0.2) is 18.6 Å². The van der Waals surface area contributed by atoms with Crippen LogP contribution < -0.4 is 0 Å². The molecular weight excluding hydrogens is 202 g/mol. The second-order valence-corrected chi connectivity index (χ2v) is 4.27. The van der Waals surface area contributed by atoms with Gasteiger partial charge < -0.3 is 4.57 Å². The molecule has 0 atom stereocenters. The molecule has 0 N–H and O–H groups in total. The van der Waals surface area contributed by atoms with Gasteiger partial charge in [0.2, 0.25) is 0 Å². The maximum absolute atomic E-state index is 11.1. The molecule has 0 unspecified atom stereocenters. The van der Waals surface area contributed by atoms with Crippen molar-refractivity contribution in [1.29, 1.82) is 0 Å². The molecule has 0 aliphatic heterocycles. The molecule has 0 bridgehead atoms. The maximum Gasteiger partial charge on any atom is 0.160 e. The summed E-state index contributed by atoms with van der Waals surface area (Å²) < 4.78 is 2.01. The van der Waals surface area contributed by atoms with E-state index in [1.54, 1.807) is 19.4 Å². The van der Waals surface area contributed by atoms with Gasteiger partial charge in [-0.2, -0.15) is 0 Å². The van der Waals surface area contributed by atoms with Crippen molar-refractivity contribution >= 4 is 16.9 Å². The lowest BCUT2D eigenvalue weighted by Crippen LogP contribution is -2.01. The summed E-state index contributed by atoms with van der Waals surface area (Å²) in [5, 5.41) is 0. The smallest absolute Gasteiger partial charge is 0.160 e. The predicted molar refractivity (Wildman–Crippen MR) is 62.3 cm³/mol. The van der Waals surface area contributed by atoms with Gasteiger partial charge in [-0.05, 0) is 32.4 Å². The second kappa shape index (κ2) is 4.04. The van der Waals surface area contributed by atoms with Gasteiger partial charge >= 0.3 is 0 Å². The summed E-state index contributed by atoms with van der Waals surface area (Å²) >= 11 is 0. The van der Waals surface area contributed by atoms with E-state index in [4.69, 9.17) is 0 Å². The fourth-order valence-corrected chi connectivity index (χ4v) is 1.77. The van der Waals surface area contributed by atoms with Crippen LogP contribution in [0.25, 0.3) is 11.2 Å². The van der Waals surface area contributed by atoms with Crippen LogP contribution in [0.5, 0.6) is 0 Å². The molecule has 0 radical (unpaired) electrons. The third-order valence-corrected chi connectivity index (χ3v) is 2.54. The van der Waals surface area contributed by atoms with E-state index >= 15 is 0 Å². The van der Waals surface area contributed by atoms with Gasteiger partial charge in [0, 0.05) is 18.7 Å². The Balaban J connectivity index is 2.57. The van der Waals surface area contributed by atoms with Gasteiger partial charge in [0.1, 0.15) is 11.3 Å². The van der Waals surface area contributed by atoms with E-state index in [-0.39, 0.29) is 5.78 Å². The highest BCUT2D eigenvalue weighted by atomic mass is 16.1. The molecule has 0 aliphatic rings. The molecule has 2 aromatic heterocycles. The highest BCUT2D eigenvalue weighted by Gasteiger charge is 2.11. The highest BCUT2D eigenvalue weighted by molar-refractivity contribution is 5.84. The minimum absolute atomic E-state index is 0.145. The van der Waals surface area contributed by atoms with E-state index in [9.17, 15) is 4.79 Å². The normalized spacial score (nSPS) is 11.2. The summed E-state index contributed by atoms with van der Waals surface area (Å²) in [7, 11) is 0. The van der Waals surface area contributed by atoms with Gasteiger partial charge in [-0.3, -0.25) is 4.79 Å². The fraction of sp³-hybridized carbons (Fsp3) is 0.417. The average Bonchev–Trinajstić information content (AvgIpc) is 2.61. The topological polar surface area (TPSA) is 47.8 Å². The number of rotatable bonds is 3. The number of carbonyl (C=O) groups is 1. The van der Waals surface area contributed by atoms with E-state index in [2.05, 4.69) is 23.8 Å². The molecule has 0 aromatic carbocycles. The average molecular weight is 217 g/mol. The molecular formula is C12H15N3O. The Kier molecular flexibility index (Phi) is 2.73. The van der Waals surface area contributed by atoms with Gasteiger partial charge in [-0.1, -0.05) is 0 Å². The van der Waals surface area contributed by atoms with Gasteiger partial charge in [0.25, 0.3) is 0 Å². The zero-order valence-electron chi connectivity index (χ0n) is 9.77. The lowest BCUT2D eigenvalue weighted by atomic mass is 10.1. The molecule has 4 heteroatoms. The Labute approximate surface area is 94.3 Å². The monoisotopic (exact) mass is 217 g/mol. The van der Waals surface area contributed by atoms with Gasteiger partial charge in [0.05, 0.1) is 6.33 Å². The Hall–Kier alpha value is -1.71. The van der Waals surface area contributed by atoms with Gasteiger partial charge in [0.15, 0.2) is 5.65 Å². The summed E-state index contributed by atoms with van der Waals surface area (Å²) in [6.45, 7) is 5.76. The van der Waals surface area contributed by atoms with Gasteiger partial charge in [-0.25, -0.2) is 9.97 Å². The third kappa shape index (κ3) is 1.83. The van der Waals surface area contributed by atoms with Crippen LogP contribution in [0.4, 0.5) is 0 Å². The molecule has 0 saturated carbocycles. The first-order valence-corrected chi connectivity index (χ1v) is 5.39. The zero-order chi connectivity index (χ0) is 11.7. The van der Waals surface area contributed by atoms with Crippen molar-refractivity contribution in [2.75, 3.05) is 0 Å². The van der Waals surface area contributed by atoms with Crippen molar-refractivity contribution in [3.63, 3.8) is 0 Å². The molecule has 0 fully saturated rings. The fourth-order valence-electron chi connectivity index (χ4n) is 1.77. The standard InChI is InChI=1S/C12H15N3O/c1-8(2)15-7-14-11-10(6-9(3)16)4-5-13-12(11)15/h4-5,7-8H,6H2,1-3H3. The van der Waals surface area contributed by atoms with E-state index in [1.165, 1.54) is 0 Å². The number of ketones is 1. The quantitative estimate of drug-likeness (QED) is 0.791. The second-order valence-electron chi connectivity index (χ2n) is 4.27. The maximum atomic E-state index is 11.1. The SMILES string of the molecule is CC(=O)Cc1ccnc2c1ncn2C(C)C. The third-order valence-electron chi connectivity index (χ3n) is 2.54. The Bertz CT molecular complexity index is 528. The van der Waals surface area contributed by atoms with E-state index in [0.717, 1.165) is 16.7 Å². The van der Waals surface area contributed by atoms with Crippen molar-refractivity contribution in [1.82, 2.24) is 14.5 Å².